The van der Waals surface area contributed by atoms with E-state index in [0.717, 1.165) is 23.8 Å². The molecule has 2 unspecified atom stereocenters. The van der Waals surface area contributed by atoms with E-state index in [1.165, 1.54) is 12.0 Å². The van der Waals surface area contributed by atoms with Crippen LogP contribution < -0.4 is 9.64 Å². The largest absolute Gasteiger partial charge is 0.481 e. The summed E-state index contributed by atoms with van der Waals surface area (Å²) in [6.45, 7) is -1.30. The van der Waals surface area contributed by atoms with Crippen LogP contribution in [0.4, 0.5) is 23.7 Å². The topological polar surface area (TPSA) is 114 Å². The van der Waals surface area contributed by atoms with Crippen molar-refractivity contribution in [2.24, 2.45) is 5.92 Å². The number of ether oxygens (including phenoxy) is 2. The Morgan fingerprint density at radius 3 is 2.62 bits per heavy atom. The van der Waals surface area contributed by atoms with E-state index in [4.69, 9.17) is 9.72 Å². The van der Waals surface area contributed by atoms with Gasteiger partial charge in [0.1, 0.15) is 23.5 Å². The van der Waals surface area contributed by atoms with Crippen molar-refractivity contribution in [3.8, 4) is 5.75 Å². The molecule has 9 nitrogen and oxygen atoms in total. The van der Waals surface area contributed by atoms with Crippen LogP contribution in [-0.2, 0) is 16.0 Å². The highest BCUT2D eigenvalue weighted by Crippen LogP contribution is 2.43. The summed E-state index contributed by atoms with van der Waals surface area (Å²) >= 11 is 0. The molecule has 2 aromatic carbocycles. The minimum atomic E-state index is -3.21. The monoisotopic (exact) mass is 561 g/mol. The number of aryl methyl sites for hydroxylation is 1. The Balaban J connectivity index is 1.71. The fraction of sp³-hybridized carbons (Fsp3) is 0.464. The highest BCUT2D eigenvalue weighted by atomic mass is 19.3. The van der Waals surface area contributed by atoms with Crippen LogP contribution in [0.15, 0.2) is 30.3 Å². The van der Waals surface area contributed by atoms with Crippen molar-refractivity contribution in [2.45, 2.75) is 70.2 Å². The summed E-state index contributed by atoms with van der Waals surface area (Å²) in [5, 5.41) is 21.3. The van der Waals surface area contributed by atoms with Crippen molar-refractivity contribution in [1.82, 2.24) is 9.55 Å². The van der Waals surface area contributed by atoms with Gasteiger partial charge in [0.2, 0.25) is 0 Å². The Morgan fingerprint density at radius 2 is 1.93 bits per heavy atom. The number of aliphatic hydroxyl groups excluding tert-OH is 1. The molecule has 4 atom stereocenters. The fourth-order valence-corrected chi connectivity index (χ4v) is 6.07. The summed E-state index contributed by atoms with van der Waals surface area (Å²) in [5.74, 6) is -2.65. The molecular weight excluding hydrogens is 531 g/mol. The Kier molecular flexibility index (Phi) is 7.63. The lowest BCUT2D eigenvalue weighted by Gasteiger charge is -2.34. The molecule has 40 heavy (non-hydrogen) atoms. The number of halogens is 3. The van der Waals surface area contributed by atoms with Crippen molar-refractivity contribution in [3.63, 3.8) is 0 Å². The zero-order valence-electron chi connectivity index (χ0n) is 22.0. The van der Waals surface area contributed by atoms with Crippen LogP contribution in [0.5, 0.6) is 5.75 Å². The van der Waals surface area contributed by atoms with E-state index >= 15 is 0 Å². The number of benzene rings is 2. The van der Waals surface area contributed by atoms with Gasteiger partial charge in [0, 0.05) is 23.2 Å². The number of methoxy groups -OCH3 is 1. The average Bonchev–Trinajstić information content (AvgIpc) is 3.33. The summed E-state index contributed by atoms with van der Waals surface area (Å²) in [5.41, 5.74) is 2.18. The van der Waals surface area contributed by atoms with Crippen LogP contribution in [0.25, 0.3) is 11.0 Å². The van der Waals surface area contributed by atoms with Crippen molar-refractivity contribution >= 4 is 28.8 Å². The predicted octanol–water partition coefficient (Wildman–Crippen LogP) is 5.58. The number of aromatic nitrogens is 2. The van der Waals surface area contributed by atoms with E-state index in [1.807, 2.05) is 6.92 Å². The molecule has 214 valence electrons. The molecule has 1 saturated carbocycles. The second-order valence-corrected chi connectivity index (χ2v) is 10.3. The Morgan fingerprint density at radius 1 is 1.15 bits per heavy atom. The number of hydrogen-bond donors (Lipinski definition) is 2. The van der Waals surface area contributed by atoms with Gasteiger partial charge in [-0.05, 0) is 69.4 Å². The van der Waals surface area contributed by atoms with Gasteiger partial charge in [-0.25, -0.2) is 14.2 Å². The molecule has 1 aromatic heterocycles. The highest BCUT2D eigenvalue weighted by Gasteiger charge is 2.36. The lowest BCUT2D eigenvalue weighted by Crippen LogP contribution is -2.42. The number of hydrogen-bond acceptors (Lipinski definition) is 6. The van der Waals surface area contributed by atoms with Crippen LogP contribution in [0.2, 0.25) is 0 Å². The van der Waals surface area contributed by atoms with Gasteiger partial charge in [-0.15, -0.1) is 0 Å². The lowest BCUT2D eigenvalue weighted by molar-refractivity contribution is -0.143. The van der Waals surface area contributed by atoms with Crippen molar-refractivity contribution in [3.05, 3.63) is 53.1 Å². The van der Waals surface area contributed by atoms with Gasteiger partial charge in [0.05, 0.1) is 29.7 Å². The van der Waals surface area contributed by atoms with Crippen LogP contribution >= 0.6 is 0 Å². The Hall–Kier alpha value is -3.80. The number of carboxylic acids is 1. The maximum Gasteiger partial charge on any atom is 0.414 e. The lowest BCUT2D eigenvalue weighted by atomic mass is 9.85. The first-order valence-corrected chi connectivity index (χ1v) is 13.2. The number of anilines is 1. The second-order valence-electron chi connectivity index (χ2n) is 10.3. The maximum absolute atomic E-state index is 14.3. The molecule has 0 spiro atoms. The molecule has 2 N–H and O–H groups in total. The summed E-state index contributed by atoms with van der Waals surface area (Å²) < 4.78 is 51.9. The number of amides is 1. The molecule has 2 aliphatic rings. The molecule has 1 aliphatic carbocycles. The summed E-state index contributed by atoms with van der Waals surface area (Å²) in [6.07, 6.45) is 0.980. The first kappa shape index (κ1) is 27.8. The zero-order valence-corrected chi connectivity index (χ0v) is 22.0. The third-order valence-corrected chi connectivity index (χ3v) is 7.94. The molecule has 0 saturated heterocycles. The van der Waals surface area contributed by atoms with E-state index in [0.29, 0.717) is 48.8 Å². The normalized spacial score (nSPS) is 21.8. The third kappa shape index (κ3) is 4.96. The maximum atomic E-state index is 14.3. The van der Waals surface area contributed by atoms with Gasteiger partial charge in [-0.3, -0.25) is 9.69 Å². The molecule has 3 aromatic rings. The fourth-order valence-electron chi connectivity index (χ4n) is 6.07. The van der Waals surface area contributed by atoms with Gasteiger partial charge >= 0.3 is 18.7 Å². The minimum absolute atomic E-state index is 0.0485. The summed E-state index contributed by atoms with van der Waals surface area (Å²) in [6, 6.07) is 5.89. The van der Waals surface area contributed by atoms with Crippen LogP contribution in [0.3, 0.4) is 0 Å². The molecule has 12 heteroatoms. The van der Waals surface area contributed by atoms with Gasteiger partial charge in [0.25, 0.3) is 0 Å². The standard InChI is InChI=1S/C28H30F3N3O6/c1-14-6-8-18-20(33(14)28(38)39-2)9-10-21-23(18)32-25(34(21)17-5-3-4-15(12-17)26(36)37)24(35)19-13-16(29)7-11-22(19)40-27(30)31/h7,9-11,13-15,17,24,27,35H,3-6,8,12H2,1-2H3,(H,36,37)/t14-,15?,17?,24+/m1/s1. The SMILES string of the molecule is COC(=O)N1c2ccc3c(nc([C@@H](O)c4cc(F)ccc4OC(F)F)n3C3CCCC(C(=O)O)C3)c2CC[C@H]1C. The van der Waals surface area contributed by atoms with Gasteiger partial charge < -0.3 is 24.3 Å². The first-order valence-electron chi connectivity index (χ1n) is 13.2. The quantitative estimate of drug-likeness (QED) is 0.404. The highest BCUT2D eigenvalue weighted by molar-refractivity contribution is 5.95. The number of rotatable bonds is 6. The number of carbonyl (C=O) groups is 2. The van der Waals surface area contributed by atoms with E-state index in [9.17, 15) is 33.0 Å². The van der Waals surface area contributed by atoms with E-state index in [-0.39, 0.29) is 29.9 Å². The van der Waals surface area contributed by atoms with E-state index < -0.39 is 42.3 Å². The molecule has 1 fully saturated rings. The van der Waals surface area contributed by atoms with Crippen LogP contribution in [0, 0.1) is 11.7 Å². The smallest absolute Gasteiger partial charge is 0.414 e. The number of nitrogens with zero attached hydrogens (tertiary/aromatic N) is 3. The van der Waals surface area contributed by atoms with Gasteiger partial charge in [-0.1, -0.05) is 6.42 Å². The number of fused-ring (bicyclic) bond motifs is 3. The van der Waals surface area contributed by atoms with Crippen molar-refractivity contribution in [1.29, 1.82) is 0 Å². The Labute approximate surface area is 228 Å². The number of imidazole rings is 1. The molecular formula is C28H30F3N3O6. The van der Waals surface area contributed by atoms with Crippen molar-refractivity contribution in [2.75, 3.05) is 12.0 Å². The number of carbonyl (C=O) groups excluding carboxylic acids is 1. The van der Waals surface area contributed by atoms with E-state index in [1.54, 1.807) is 16.7 Å². The molecule has 1 aliphatic heterocycles. The molecule has 5 rings (SSSR count). The number of aliphatic hydroxyl groups is 1. The molecule has 2 heterocycles. The van der Waals surface area contributed by atoms with Crippen LogP contribution in [-0.4, -0.2) is 51.6 Å². The summed E-state index contributed by atoms with van der Waals surface area (Å²) in [7, 11) is 1.30. The van der Waals surface area contributed by atoms with E-state index in [2.05, 4.69) is 4.74 Å². The minimum Gasteiger partial charge on any atom is -0.481 e. The third-order valence-electron chi connectivity index (χ3n) is 7.94. The molecule has 0 bridgehead atoms. The molecule has 1 amide bonds. The number of alkyl halides is 2. The zero-order chi connectivity index (χ0) is 28.7. The van der Waals surface area contributed by atoms with Gasteiger partial charge in [0.15, 0.2) is 0 Å². The Bertz CT molecular complexity index is 1440. The van der Waals surface area contributed by atoms with Crippen LogP contribution in [0.1, 0.15) is 68.1 Å². The predicted molar refractivity (Wildman–Crippen MR) is 138 cm³/mol. The molecule has 0 radical (unpaired) electrons. The first-order chi connectivity index (χ1) is 19.1. The number of carboxylic acid groups (broad SMARTS) is 1. The van der Waals surface area contributed by atoms with Gasteiger partial charge in [-0.2, -0.15) is 8.78 Å². The summed E-state index contributed by atoms with van der Waals surface area (Å²) in [4.78, 5) is 30.8. The van der Waals surface area contributed by atoms with Crippen molar-refractivity contribution < 1.29 is 42.4 Å². The average molecular weight is 562 g/mol. The number of aliphatic carboxylic acids is 1. The second kappa shape index (κ2) is 11.0.